The Morgan fingerprint density at radius 2 is 2.23 bits per heavy atom. The summed E-state index contributed by atoms with van der Waals surface area (Å²) in [5, 5.41) is 0.818. The number of hydrogen-bond acceptors (Lipinski definition) is 5. The van der Waals surface area contributed by atoms with E-state index in [0.29, 0.717) is 25.1 Å². The lowest BCUT2D eigenvalue weighted by Gasteiger charge is -2.25. The Balaban J connectivity index is 1.76. The third-order valence-corrected chi connectivity index (χ3v) is 5.71. The van der Waals surface area contributed by atoms with Gasteiger partial charge in [0.05, 0.1) is 6.61 Å². The van der Waals surface area contributed by atoms with Crippen LogP contribution in [0, 0.1) is 0 Å². The Morgan fingerprint density at radius 3 is 3.00 bits per heavy atom. The minimum atomic E-state index is -2.29. The number of nitrogens with one attached hydrogen (secondary N) is 2. The van der Waals surface area contributed by atoms with Crippen LogP contribution < -0.4 is 15.0 Å². The van der Waals surface area contributed by atoms with Crippen molar-refractivity contribution in [2.45, 2.75) is 25.4 Å². The lowest BCUT2D eigenvalue weighted by molar-refractivity contribution is 0.00767. The highest BCUT2D eigenvalue weighted by Gasteiger charge is 2.20. The molecule has 0 amide bonds. The topological polar surface area (TPSA) is 108 Å². The quantitative estimate of drug-likeness (QED) is 0.558. The molecule has 1 aliphatic heterocycles. The van der Waals surface area contributed by atoms with Gasteiger partial charge in [0.25, 0.3) is 5.56 Å². The van der Waals surface area contributed by atoms with Gasteiger partial charge in [0.15, 0.2) is 0 Å². The summed E-state index contributed by atoms with van der Waals surface area (Å²) in [6.45, 7) is 1.61. The molecule has 2 atom stereocenters. The molecule has 8 nitrogen and oxygen atoms in total. The Morgan fingerprint density at radius 1 is 1.37 bits per heavy atom. The molecule has 9 heteroatoms. The number of benzene rings is 1. The molecular weight excluding hydrogens is 406 g/mol. The number of nitrogens with zero attached hydrogens (tertiary/aromatic N) is 1. The second-order valence-corrected chi connectivity index (χ2v) is 8.15. The summed E-state index contributed by atoms with van der Waals surface area (Å²) in [6, 6.07) is 7.74. The van der Waals surface area contributed by atoms with E-state index in [-0.39, 0.29) is 11.7 Å². The number of pyridine rings is 1. The van der Waals surface area contributed by atoms with Crippen molar-refractivity contribution in [3.63, 3.8) is 0 Å². The fourth-order valence-corrected chi connectivity index (χ4v) is 4.06. The van der Waals surface area contributed by atoms with Gasteiger partial charge in [-0.2, -0.15) is 0 Å². The van der Waals surface area contributed by atoms with Gasteiger partial charge in [-0.05, 0) is 43.0 Å². The maximum absolute atomic E-state index is 12.5. The molecule has 1 saturated heterocycles. The van der Waals surface area contributed by atoms with Gasteiger partial charge in [-0.25, -0.2) is 4.72 Å². The van der Waals surface area contributed by atoms with Crippen molar-refractivity contribution >= 4 is 22.2 Å². The third kappa shape index (κ3) is 4.49. The number of hydrogen-bond donors (Lipinski definition) is 2. The molecular formula is C21H24N3O5S-. The number of aryl methyl sites for hydroxylation is 1. The molecule has 160 valence electrons. The van der Waals surface area contributed by atoms with Crippen LogP contribution >= 0.6 is 0 Å². The lowest BCUT2D eigenvalue weighted by atomic mass is 9.99. The average molecular weight is 431 g/mol. The first-order valence-corrected chi connectivity index (χ1v) is 11.0. The summed E-state index contributed by atoms with van der Waals surface area (Å²) in [4.78, 5) is 15.5. The standard InChI is InChI=1S/C21H25N3O5S/c1-24-12-18(16-7-8-22-20(16)21(24)25)17-11-14(6-9-23-30(26)27)4-5-19(17)29-15-3-2-10-28-13-15/h4-5,7-8,11-12,15,22-23H,2-3,6,9-10,13H2,1H3,(H,26,27)/p-1. The van der Waals surface area contributed by atoms with Gasteiger partial charge in [0, 0.05) is 60.4 Å². The zero-order valence-corrected chi connectivity index (χ0v) is 17.5. The molecule has 1 aromatic carbocycles. The molecule has 0 bridgehead atoms. The van der Waals surface area contributed by atoms with Crippen molar-refractivity contribution in [2.24, 2.45) is 7.05 Å². The molecule has 0 radical (unpaired) electrons. The Labute approximate surface area is 176 Å². The van der Waals surface area contributed by atoms with E-state index in [9.17, 15) is 13.6 Å². The number of H-pyrrole nitrogens is 1. The molecule has 30 heavy (non-hydrogen) atoms. The summed E-state index contributed by atoms with van der Waals surface area (Å²) < 4.78 is 37.3. The smallest absolute Gasteiger partial charge is 0.274 e. The van der Waals surface area contributed by atoms with Crippen LogP contribution in [0.5, 0.6) is 5.75 Å². The van der Waals surface area contributed by atoms with Crippen LogP contribution in [0.1, 0.15) is 18.4 Å². The summed E-state index contributed by atoms with van der Waals surface area (Å²) in [7, 11) is 1.72. The maximum Gasteiger partial charge on any atom is 0.274 e. The highest BCUT2D eigenvalue weighted by molar-refractivity contribution is 7.77. The Hall–Kier alpha value is -2.46. The van der Waals surface area contributed by atoms with Crippen LogP contribution in [0.2, 0.25) is 0 Å². The molecule has 1 aliphatic rings. The molecule has 2 unspecified atom stereocenters. The number of fused-ring (bicyclic) bond motifs is 1. The average Bonchev–Trinajstić information content (AvgIpc) is 3.22. The number of aromatic amines is 1. The van der Waals surface area contributed by atoms with E-state index in [2.05, 4.69) is 9.71 Å². The highest BCUT2D eigenvalue weighted by atomic mass is 32.2. The number of aromatic nitrogens is 2. The zero-order chi connectivity index (χ0) is 21.1. The van der Waals surface area contributed by atoms with Gasteiger partial charge in [0.2, 0.25) is 0 Å². The molecule has 1 fully saturated rings. The van der Waals surface area contributed by atoms with E-state index in [0.717, 1.165) is 47.3 Å². The van der Waals surface area contributed by atoms with Gasteiger partial charge in [0.1, 0.15) is 17.4 Å². The van der Waals surface area contributed by atoms with Crippen LogP contribution in [0.15, 0.2) is 41.5 Å². The molecule has 2 N–H and O–H groups in total. The summed E-state index contributed by atoms with van der Waals surface area (Å²) in [5.74, 6) is 0.718. The molecule has 4 rings (SSSR count). The van der Waals surface area contributed by atoms with Gasteiger partial charge in [-0.3, -0.25) is 9.00 Å². The maximum atomic E-state index is 12.5. The third-order valence-electron chi connectivity index (χ3n) is 5.27. The second-order valence-electron chi connectivity index (χ2n) is 7.39. The van der Waals surface area contributed by atoms with Crippen molar-refractivity contribution in [3.05, 3.63) is 52.6 Å². The Bertz CT molecular complexity index is 1120. The SMILES string of the molecule is Cn1cc(-c2cc(CCNS(=O)[O-])ccc2OC2CCCOC2)c2cc[nH]c2c1=O. The van der Waals surface area contributed by atoms with Crippen molar-refractivity contribution in [1.82, 2.24) is 14.3 Å². The van der Waals surface area contributed by atoms with Crippen molar-refractivity contribution in [3.8, 4) is 16.9 Å². The Kier molecular flexibility index (Phi) is 6.33. The van der Waals surface area contributed by atoms with Gasteiger partial charge in [-0.15, -0.1) is 0 Å². The molecule has 3 heterocycles. The van der Waals surface area contributed by atoms with E-state index in [1.165, 1.54) is 0 Å². The first kappa shape index (κ1) is 20.8. The first-order valence-electron chi connectivity index (χ1n) is 9.90. The van der Waals surface area contributed by atoms with E-state index < -0.39 is 11.3 Å². The van der Waals surface area contributed by atoms with E-state index in [4.69, 9.17) is 9.47 Å². The van der Waals surface area contributed by atoms with Gasteiger partial charge in [-0.1, -0.05) is 6.07 Å². The van der Waals surface area contributed by atoms with E-state index >= 15 is 0 Å². The van der Waals surface area contributed by atoms with Crippen LogP contribution in [-0.4, -0.2) is 44.2 Å². The monoisotopic (exact) mass is 430 g/mol. The largest absolute Gasteiger partial charge is 0.760 e. The van der Waals surface area contributed by atoms with E-state index in [1.807, 2.05) is 30.5 Å². The molecule has 0 aliphatic carbocycles. The summed E-state index contributed by atoms with van der Waals surface area (Å²) in [5.41, 5.74) is 3.15. The predicted octanol–water partition coefficient (Wildman–Crippen LogP) is 2.02. The van der Waals surface area contributed by atoms with Crippen molar-refractivity contribution in [2.75, 3.05) is 19.8 Å². The predicted molar refractivity (Wildman–Crippen MR) is 114 cm³/mol. The van der Waals surface area contributed by atoms with Crippen LogP contribution in [-0.2, 0) is 29.5 Å². The van der Waals surface area contributed by atoms with Crippen LogP contribution in [0.25, 0.3) is 22.0 Å². The molecule has 3 aromatic rings. The second kappa shape index (κ2) is 9.13. The van der Waals surface area contributed by atoms with Gasteiger partial charge < -0.3 is 23.6 Å². The summed E-state index contributed by atoms with van der Waals surface area (Å²) in [6.07, 6.45) is 5.96. The lowest BCUT2D eigenvalue weighted by Crippen LogP contribution is -2.28. The van der Waals surface area contributed by atoms with Crippen molar-refractivity contribution in [1.29, 1.82) is 0 Å². The van der Waals surface area contributed by atoms with E-state index in [1.54, 1.807) is 17.8 Å². The van der Waals surface area contributed by atoms with Crippen molar-refractivity contribution < 1.29 is 18.2 Å². The summed E-state index contributed by atoms with van der Waals surface area (Å²) >= 11 is -2.29. The molecule has 0 spiro atoms. The van der Waals surface area contributed by atoms with Crippen LogP contribution in [0.3, 0.4) is 0 Å². The molecule has 2 aromatic heterocycles. The zero-order valence-electron chi connectivity index (χ0n) is 16.7. The van der Waals surface area contributed by atoms with Crippen LogP contribution in [0.4, 0.5) is 0 Å². The highest BCUT2D eigenvalue weighted by Crippen LogP contribution is 2.36. The van der Waals surface area contributed by atoms with Gasteiger partial charge >= 0.3 is 0 Å². The number of rotatable bonds is 7. The fourth-order valence-electron chi connectivity index (χ4n) is 3.79. The minimum absolute atomic E-state index is 0.0258. The fraction of sp³-hybridized carbons (Fsp3) is 0.381. The first-order chi connectivity index (χ1) is 14.5. The number of ether oxygens (including phenoxy) is 2. The minimum Gasteiger partial charge on any atom is -0.760 e. The normalized spacial score (nSPS) is 17.9. The molecule has 0 saturated carbocycles.